The summed E-state index contributed by atoms with van der Waals surface area (Å²) in [7, 11) is 1.65. The average molecular weight is 498 g/mol. The van der Waals surface area contributed by atoms with E-state index in [-0.39, 0.29) is 11.8 Å². The normalized spacial score (nSPS) is 22.6. The van der Waals surface area contributed by atoms with Crippen molar-refractivity contribution in [2.24, 2.45) is 0 Å². The van der Waals surface area contributed by atoms with Crippen LogP contribution in [0.3, 0.4) is 0 Å². The molecule has 4 heterocycles. The van der Waals surface area contributed by atoms with Crippen LogP contribution >= 0.6 is 0 Å². The summed E-state index contributed by atoms with van der Waals surface area (Å²) in [5.74, 6) is 3.18. The number of carbonyl (C=O) groups excluding carboxylic acids is 1. The van der Waals surface area contributed by atoms with Crippen molar-refractivity contribution in [1.29, 1.82) is 0 Å². The van der Waals surface area contributed by atoms with Crippen LogP contribution in [0.25, 0.3) is 10.9 Å². The molecule has 4 aromatic rings. The minimum Gasteiger partial charge on any atom is -0.497 e. The van der Waals surface area contributed by atoms with E-state index in [0.29, 0.717) is 18.2 Å². The van der Waals surface area contributed by atoms with E-state index >= 15 is 0 Å². The van der Waals surface area contributed by atoms with Crippen LogP contribution in [0.15, 0.2) is 48.8 Å². The highest BCUT2D eigenvalue weighted by atomic mass is 16.5. The zero-order valence-corrected chi connectivity index (χ0v) is 20.5. The van der Waals surface area contributed by atoms with E-state index in [2.05, 4.69) is 53.9 Å². The lowest BCUT2D eigenvalue weighted by molar-refractivity contribution is -0.118. The topological polar surface area (TPSA) is 117 Å². The number of carbonyl (C=O) groups is 1. The summed E-state index contributed by atoms with van der Waals surface area (Å²) in [4.78, 5) is 24.1. The Kier molecular flexibility index (Phi) is 5.03. The van der Waals surface area contributed by atoms with Gasteiger partial charge >= 0.3 is 0 Å². The van der Waals surface area contributed by atoms with Crippen LogP contribution in [-0.4, -0.2) is 59.5 Å². The van der Waals surface area contributed by atoms with Gasteiger partial charge in [-0.15, -0.1) is 0 Å². The molecule has 10 heteroatoms. The van der Waals surface area contributed by atoms with E-state index in [1.165, 1.54) is 0 Å². The van der Waals surface area contributed by atoms with Crippen LogP contribution in [0.2, 0.25) is 0 Å². The lowest BCUT2D eigenvalue weighted by Crippen LogP contribution is -2.26. The molecule has 0 radical (unpaired) electrons. The summed E-state index contributed by atoms with van der Waals surface area (Å²) >= 11 is 0. The molecule has 7 rings (SSSR count). The average Bonchev–Trinajstić information content (AvgIpc) is 3.58. The van der Waals surface area contributed by atoms with E-state index in [1.807, 2.05) is 24.3 Å². The van der Waals surface area contributed by atoms with E-state index in [4.69, 9.17) is 9.47 Å². The predicted molar refractivity (Wildman–Crippen MR) is 140 cm³/mol. The third kappa shape index (κ3) is 3.59. The smallest absolute Gasteiger partial charge is 0.235 e. The number of nitrogens with zero attached hydrogens (tertiary/aromatic N) is 4. The molecular formula is C27H27N7O3. The molecule has 37 heavy (non-hydrogen) atoms. The van der Waals surface area contributed by atoms with Crippen molar-refractivity contribution in [3.8, 4) is 5.75 Å². The minimum absolute atomic E-state index is 0.0587. The lowest BCUT2D eigenvalue weighted by Gasteiger charge is -2.20. The first kappa shape index (κ1) is 22.1. The quantitative estimate of drug-likeness (QED) is 0.382. The molecule has 1 saturated heterocycles. The number of benzene rings is 2. The number of H-pyrrole nitrogens is 1. The second kappa shape index (κ2) is 8.45. The fourth-order valence-corrected chi connectivity index (χ4v) is 5.73. The number of fused-ring (bicyclic) bond motifs is 3. The first-order valence-corrected chi connectivity index (χ1v) is 12.6. The van der Waals surface area contributed by atoms with Gasteiger partial charge in [0.2, 0.25) is 5.91 Å². The molecule has 2 atom stereocenters. The van der Waals surface area contributed by atoms with E-state index in [1.54, 1.807) is 13.4 Å². The molecule has 3 N–H and O–H groups in total. The Morgan fingerprint density at radius 2 is 2.08 bits per heavy atom. The molecule has 2 aliphatic heterocycles. The number of hydrogen-bond acceptors (Lipinski definition) is 8. The van der Waals surface area contributed by atoms with Crippen molar-refractivity contribution in [2.75, 3.05) is 48.9 Å². The van der Waals surface area contributed by atoms with Gasteiger partial charge in [-0.25, -0.2) is 9.97 Å². The summed E-state index contributed by atoms with van der Waals surface area (Å²) in [5.41, 5.74) is 3.38. The molecule has 188 valence electrons. The first-order chi connectivity index (χ1) is 18.2. The summed E-state index contributed by atoms with van der Waals surface area (Å²) in [6.07, 6.45) is 3.32. The highest BCUT2D eigenvalue weighted by Gasteiger charge is 2.65. The molecule has 2 fully saturated rings. The van der Waals surface area contributed by atoms with Crippen molar-refractivity contribution in [3.63, 3.8) is 0 Å². The second-order valence-corrected chi connectivity index (χ2v) is 9.81. The molecule has 0 bridgehead atoms. The summed E-state index contributed by atoms with van der Waals surface area (Å²) < 4.78 is 11.0. The number of methoxy groups -OCH3 is 1. The van der Waals surface area contributed by atoms with Gasteiger partial charge in [0.25, 0.3) is 0 Å². The molecule has 0 unspecified atom stereocenters. The molecule has 2 aromatic carbocycles. The lowest BCUT2D eigenvalue weighted by atomic mass is 9.91. The maximum atomic E-state index is 13.0. The van der Waals surface area contributed by atoms with E-state index in [0.717, 1.165) is 71.8 Å². The SMILES string of the molecule is COc1ccc2c(c1)[C@]1(C[C@H]1c1ccc3c(Nc4cc(N5CCCOCC5)ncn4)n[nH]c3c1)C(=O)N2. The van der Waals surface area contributed by atoms with Crippen LogP contribution in [0.5, 0.6) is 5.75 Å². The monoisotopic (exact) mass is 497 g/mol. The van der Waals surface area contributed by atoms with Crippen LogP contribution in [0, 0.1) is 0 Å². The number of aromatic amines is 1. The summed E-state index contributed by atoms with van der Waals surface area (Å²) in [6, 6.07) is 14.0. The summed E-state index contributed by atoms with van der Waals surface area (Å²) in [5, 5.41) is 15.0. The second-order valence-electron chi connectivity index (χ2n) is 9.81. The van der Waals surface area contributed by atoms with Crippen molar-refractivity contribution in [1.82, 2.24) is 20.2 Å². The third-order valence-corrected chi connectivity index (χ3v) is 7.76. The number of hydrogen-bond donors (Lipinski definition) is 3. The van der Waals surface area contributed by atoms with Gasteiger partial charge in [0.1, 0.15) is 23.7 Å². The van der Waals surface area contributed by atoms with E-state index in [9.17, 15) is 4.79 Å². The number of nitrogens with one attached hydrogen (secondary N) is 3. The van der Waals surface area contributed by atoms with Gasteiger partial charge in [0, 0.05) is 42.8 Å². The van der Waals surface area contributed by atoms with E-state index < -0.39 is 5.41 Å². The Morgan fingerprint density at radius 3 is 3.00 bits per heavy atom. The zero-order chi connectivity index (χ0) is 25.0. The molecule has 1 spiro atoms. The third-order valence-electron chi connectivity index (χ3n) is 7.76. The predicted octanol–water partition coefficient (Wildman–Crippen LogP) is 3.71. The van der Waals surface area contributed by atoms with Crippen LogP contribution < -0.4 is 20.3 Å². The van der Waals surface area contributed by atoms with Crippen molar-refractivity contribution in [3.05, 3.63) is 59.9 Å². The number of rotatable bonds is 5. The Bertz CT molecular complexity index is 1510. The van der Waals surface area contributed by atoms with Crippen molar-refractivity contribution < 1.29 is 14.3 Å². The van der Waals surface area contributed by atoms with Crippen molar-refractivity contribution in [2.45, 2.75) is 24.2 Å². The largest absolute Gasteiger partial charge is 0.497 e. The first-order valence-electron chi connectivity index (χ1n) is 12.6. The highest BCUT2D eigenvalue weighted by molar-refractivity contribution is 6.10. The maximum Gasteiger partial charge on any atom is 0.235 e. The minimum atomic E-state index is -0.533. The van der Waals surface area contributed by atoms with Gasteiger partial charge < -0.3 is 25.0 Å². The van der Waals surface area contributed by atoms with Gasteiger partial charge in [-0.2, -0.15) is 5.10 Å². The van der Waals surface area contributed by atoms with Gasteiger partial charge in [-0.05, 0) is 54.3 Å². The Labute approximate surface area is 213 Å². The highest BCUT2D eigenvalue weighted by Crippen LogP contribution is 2.65. The fraction of sp³-hybridized carbons (Fsp3) is 0.333. The molecule has 1 aliphatic carbocycles. The van der Waals surface area contributed by atoms with Crippen LogP contribution in [0.4, 0.5) is 23.1 Å². The Hall–Kier alpha value is -4.18. The standard InChI is InChI=1S/C27H27N7O3/c1-36-17-4-6-21-19(12-17)27(26(35)30-21)14-20(27)16-3-5-18-22(11-16)32-33-25(18)31-23-13-24(29-15-28-23)34-7-2-9-37-10-8-34/h3-6,11-13,15,20H,2,7-10,14H2,1H3,(H,30,35)(H2,28,29,31,32,33)/t20-,27-/m0/s1. The Balaban J connectivity index is 1.14. The van der Waals surface area contributed by atoms with Gasteiger partial charge in [-0.1, -0.05) is 6.07 Å². The van der Waals surface area contributed by atoms with Gasteiger partial charge in [0.15, 0.2) is 5.82 Å². The molecule has 3 aliphatic rings. The number of aromatic nitrogens is 4. The van der Waals surface area contributed by atoms with Crippen LogP contribution in [0.1, 0.15) is 29.9 Å². The number of amides is 1. The number of anilines is 4. The maximum absolute atomic E-state index is 13.0. The summed E-state index contributed by atoms with van der Waals surface area (Å²) in [6.45, 7) is 3.19. The molecule has 1 amide bonds. The number of ether oxygens (including phenoxy) is 2. The van der Waals surface area contributed by atoms with Crippen molar-refractivity contribution >= 4 is 40.0 Å². The fourth-order valence-electron chi connectivity index (χ4n) is 5.73. The molecular weight excluding hydrogens is 470 g/mol. The van der Waals surface area contributed by atoms with Gasteiger partial charge in [0.05, 0.1) is 24.6 Å². The van der Waals surface area contributed by atoms with Crippen LogP contribution in [-0.2, 0) is 14.9 Å². The molecule has 10 nitrogen and oxygen atoms in total. The zero-order valence-electron chi connectivity index (χ0n) is 20.5. The molecule has 2 aromatic heterocycles. The van der Waals surface area contributed by atoms with Gasteiger partial charge in [-0.3, -0.25) is 9.89 Å². The Morgan fingerprint density at radius 1 is 1.14 bits per heavy atom. The molecule has 1 saturated carbocycles.